The van der Waals surface area contributed by atoms with Crippen LogP contribution < -0.4 is 0 Å². The molecule has 0 aromatic heterocycles. The summed E-state index contributed by atoms with van der Waals surface area (Å²) in [5.74, 6) is -2.53. The van der Waals surface area contributed by atoms with Gasteiger partial charge in [0.05, 0.1) is 29.8 Å². The molecule has 1 heterocycles. The molecule has 0 aromatic rings. The predicted octanol–water partition coefficient (Wildman–Crippen LogP) is 4.97. The zero-order valence-corrected chi connectivity index (χ0v) is 25.3. The van der Waals surface area contributed by atoms with E-state index in [1.165, 1.54) is 0 Å². The number of ether oxygens (including phenoxy) is 2. The third-order valence-corrected chi connectivity index (χ3v) is 12.7. The molecule has 218 valence electrons. The van der Waals surface area contributed by atoms with Crippen molar-refractivity contribution in [3.05, 3.63) is 11.6 Å². The Morgan fingerprint density at radius 1 is 0.947 bits per heavy atom. The third-order valence-electron chi connectivity index (χ3n) is 12.7. The monoisotopic (exact) mass is 534 g/mol. The third kappa shape index (κ3) is 3.52. The Hall–Kier alpha value is -0.500. The van der Waals surface area contributed by atoms with E-state index in [1.807, 2.05) is 19.9 Å². The van der Waals surface area contributed by atoms with E-state index in [-0.39, 0.29) is 29.0 Å². The van der Waals surface area contributed by atoms with Crippen molar-refractivity contribution in [1.29, 1.82) is 0 Å². The van der Waals surface area contributed by atoms with Crippen molar-refractivity contribution >= 4 is 0 Å². The summed E-state index contributed by atoms with van der Waals surface area (Å²) in [7, 11) is 0. The molecule has 0 bridgehead atoms. The highest BCUT2D eigenvalue weighted by Crippen LogP contribution is 2.75. The molecule has 0 spiro atoms. The molecule has 4 N–H and O–H groups in total. The predicted molar refractivity (Wildman–Crippen MR) is 147 cm³/mol. The summed E-state index contributed by atoms with van der Waals surface area (Å²) in [4.78, 5) is 0. The zero-order chi connectivity index (χ0) is 28.3. The van der Waals surface area contributed by atoms with Crippen molar-refractivity contribution in [3.8, 4) is 0 Å². The lowest BCUT2D eigenvalue weighted by Crippen LogP contribution is -2.70. The molecule has 4 saturated carbocycles. The van der Waals surface area contributed by atoms with Crippen molar-refractivity contribution < 1.29 is 29.9 Å². The fraction of sp³-hybridized carbons (Fsp3) is 0.938. The average molecular weight is 535 g/mol. The standard InChI is InChI=1S/C32H54O6/c1-18(2)10-13-24-30(9,34)25-20-11-12-22-28(7)16-15-23(37-19(3)4)27(5,6)21(28)14-17-29(22,8)31(20,35)26(33)32(25,36)38-24/h10,19-26,33-36H,11-17H2,1-9H3/t20-,21?,22?,23+,24-,25?,26-,28+,29-,30+,31-,32-/m1/s1. The van der Waals surface area contributed by atoms with E-state index in [4.69, 9.17) is 9.47 Å². The molecule has 3 unspecified atom stereocenters. The maximum absolute atomic E-state index is 12.7. The van der Waals surface area contributed by atoms with Crippen LogP contribution in [-0.2, 0) is 9.47 Å². The molecular weight excluding hydrogens is 480 g/mol. The highest BCUT2D eigenvalue weighted by molar-refractivity contribution is 5.29. The van der Waals surface area contributed by atoms with E-state index >= 15 is 0 Å². The Morgan fingerprint density at radius 3 is 2.21 bits per heavy atom. The second kappa shape index (κ2) is 8.75. The van der Waals surface area contributed by atoms with Crippen LogP contribution in [0.15, 0.2) is 11.6 Å². The van der Waals surface area contributed by atoms with Gasteiger partial charge < -0.3 is 29.9 Å². The number of hydrogen-bond donors (Lipinski definition) is 4. The summed E-state index contributed by atoms with van der Waals surface area (Å²) in [6.07, 6.45) is 6.06. The molecule has 5 fully saturated rings. The molecule has 12 atom stereocenters. The maximum Gasteiger partial charge on any atom is 0.201 e. The largest absolute Gasteiger partial charge is 0.387 e. The number of aliphatic hydroxyl groups excluding tert-OH is 1. The fourth-order valence-electron chi connectivity index (χ4n) is 11.1. The van der Waals surface area contributed by atoms with E-state index < -0.39 is 46.4 Å². The number of hydrogen-bond acceptors (Lipinski definition) is 6. The van der Waals surface area contributed by atoms with Crippen LogP contribution >= 0.6 is 0 Å². The molecule has 0 radical (unpaired) electrons. The lowest BCUT2D eigenvalue weighted by Gasteiger charge is -2.69. The first-order chi connectivity index (χ1) is 17.4. The van der Waals surface area contributed by atoms with Gasteiger partial charge in [-0.1, -0.05) is 39.3 Å². The van der Waals surface area contributed by atoms with Crippen LogP contribution in [0, 0.1) is 39.9 Å². The first-order valence-electron chi connectivity index (χ1n) is 15.2. The summed E-state index contributed by atoms with van der Waals surface area (Å²) in [6.45, 7) is 19.2. The highest BCUT2D eigenvalue weighted by atomic mass is 16.7. The maximum atomic E-state index is 12.7. The topological polar surface area (TPSA) is 99.4 Å². The van der Waals surface area contributed by atoms with Gasteiger partial charge in [0.1, 0.15) is 11.7 Å². The van der Waals surface area contributed by atoms with Crippen LogP contribution in [0.3, 0.4) is 0 Å². The van der Waals surface area contributed by atoms with Crippen molar-refractivity contribution in [2.24, 2.45) is 39.9 Å². The van der Waals surface area contributed by atoms with Crippen molar-refractivity contribution in [3.63, 3.8) is 0 Å². The average Bonchev–Trinajstić information content (AvgIpc) is 3.11. The van der Waals surface area contributed by atoms with Gasteiger partial charge in [0.25, 0.3) is 0 Å². The lowest BCUT2D eigenvalue weighted by molar-refractivity contribution is -0.308. The van der Waals surface area contributed by atoms with Gasteiger partial charge in [0.2, 0.25) is 5.79 Å². The molecule has 6 nitrogen and oxygen atoms in total. The van der Waals surface area contributed by atoms with Gasteiger partial charge in [0.15, 0.2) is 0 Å². The number of aliphatic hydroxyl groups is 4. The second-order valence-corrected chi connectivity index (χ2v) is 15.6. The minimum absolute atomic E-state index is 0.00595. The molecule has 0 amide bonds. The minimum Gasteiger partial charge on any atom is -0.387 e. The van der Waals surface area contributed by atoms with E-state index in [0.717, 1.165) is 37.7 Å². The summed E-state index contributed by atoms with van der Waals surface area (Å²) in [5, 5.41) is 48.4. The molecule has 6 heteroatoms. The lowest BCUT2D eigenvalue weighted by atomic mass is 9.37. The summed E-state index contributed by atoms with van der Waals surface area (Å²) >= 11 is 0. The Labute approximate surface area is 230 Å². The molecule has 1 aliphatic heterocycles. The van der Waals surface area contributed by atoms with Crippen molar-refractivity contribution in [1.82, 2.24) is 0 Å². The summed E-state index contributed by atoms with van der Waals surface area (Å²) in [6, 6.07) is 0. The second-order valence-electron chi connectivity index (χ2n) is 15.6. The van der Waals surface area contributed by atoms with Gasteiger partial charge in [-0.15, -0.1) is 0 Å². The SMILES string of the molecule is CC(C)=CC[C@H]1O[C@]2(O)C([C@H]3CCC4[C@@]5(C)CC[C@H](OC(C)C)C(C)(C)C5CC[C@@]4(C)[C@]3(O)[C@H]2O)[C@@]1(C)O. The van der Waals surface area contributed by atoms with Gasteiger partial charge >= 0.3 is 0 Å². The van der Waals surface area contributed by atoms with Gasteiger partial charge in [0, 0.05) is 11.3 Å². The molecular formula is C32H54O6. The van der Waals surface area contributed by atoms with Crippen LogP contribution in [-0.4, -0.2) is 61.8 Å². The number of allylic oxidation sites excluding steroid dienone is 1. The van der Waals surface area contributed by atoms with E-state index in [1.54, 1.807) is 6.92 Å². The Balaban J connectivity index is 1.50. The van der Waals surface area contributed by atoms with Crippen molar-refractivity contribution in [2.75, 3.05) is 0 Å². The summed E-state index contributed by atoms with van der Waals surface area (Å²) in [5.41, 5.74) is -2.40. The van der Waals surface area contributed by atoms with Gasteiger partial charge in [-0.2, -0.15) is 0 Å². The molecule has 1 saturated heterocycles. The van der Waals surface area contributed by atoms with Crippen LogP contribution in [0.1, 0.15) is 107 Å². The first kappa shape index (κ1) is 29.0. The van der Waals surface area contributed by atoms with Crippen molar-refractivity contribution in [2.45, 2.75) is 149 Å². The van der Waals surface area contributed by atoms with Crippen LogP contribution in [0.25, 0.3) is 0 Å². The molecule has 4 aliphatic carbocycles. The Bertz CT molecular complexity index is 969. The fourth-order valence-corrected chi connectivity index (χ4v) is 11.1. The molecule has 5 rings (SSSR count). The number of fused-ring (bicyclic) bond motifs is 7. The molecule has 5 aliphatic rings. The first-order valence-corrected chi connectivity index (χ1v) is 15.2. The van der Waals surface area contributed by atoms with Crippen LogP contribution in [0.4, 0.5) is 0 Å². The normalized spacial score (nSPS) is 55.2. The Kier molecular flexibility index (Phi) is 6.68. The molecule has 0 aromatic carbocycles. The Morgan fingerprint density at radius 2 is 1.61 bits per heavy atom. The van der Waals surface area contributed by atoms with E-state index in [2.05, 4.69) is 41.5 Å². The summed E-state index contributed by atoms with van der Waals surface area (Å²) < 4.78 is 12.6. The van der Waals surface area contributed by atoms with Gasteiger partial charge in [-0.3, -0.25) is 0 Å². The zero-order valence-electron chi connectivity index (χ0n) is 25.3. The molecule has 38 heavy (non-hydrogen) atoms. The van der Waals surface area contributed by atoms with Gasteiger partial charge in [-0.05, 0) is 102 Å². The van der Waals surface area contributed by atoms with Crippen LogP contribution in [0.2, 0.25) is 0 Å². The highest BCUT2D eigenvalue weighted by Gasteiger charge is 2.83. The van der Waals surface area contributed by atoms with Crippen LogP contribution in [0.5, 0.6) is 0 Å². The number of rotatable bonds is 4. The minimum atomic E-state index is -1.97. The quantitative estimate of drug-likeness (QED) is 0.380. The smallest absolute Gasteiger partial charge is 0.201 e. The van der Waals surface area contributed by atoms with E-state index in [9.17, 15) is 20.4 Å². The van der Waals surface area contributed by atoms with Gasteiger partial charge in [-0.25, -0.2) is 0 Å². The van der Waals surface area contributed by atoms with E-state index in [0.29, 0.717) is 18.8 Å².